The van der Waals surface area contributed by atoms with Gasteiger partial charge in [0.25, 0.3) is 0 Å². The second kappa shape index (κ2) is 4.70. The van der Waals surface area contributed by atoms with Crippen molar-refractivity contribution in [3.05, 3.63) is 0 Å². The van der Waals surface area contributed by atoms with Gasteiger partial charge in [-0.3, -0.25) is 4.79 Å². The summed E-state index contributed by atoms with van der Waals surface area (Å²) in [4.78, 5) is 13.5. The Kier molecular flexibility index (Phi) is 3.08. The summed E-state index contributed by atoms with van der Waals surface area (Å²) in [5.74, 6) is 1.03. The maximum Gasteiger partial charge on any atom is 0.222 e. The van der Waals surface area contributed by atoms with Crippen molar-refractivity contribution in [3.8, 4) is 0 Å². The van der Waals surface area contributed by atoms with Crippen LogP contribution in [0.25, 0.3) is 0 Å². The first kappa shape index (κ1) is 13.1. The Hall–Kier alpha value is -0.610. The van der Waals surface area contributed by atoms with Crippen LogP contribution in [0.15, 0.2) is 0 Å². The van der Waals surface area contributed by atoms with Gasteiger partial charge in [-0.2, -0.15) is 0 Å². The van der Waals surface area contributed by atoms with Crippen LogP contribution in [0.4, 0.5) is 0 Å². The van der Waals surface area contributed by atoms with Gasteiger partial charge in [-0.15, -0.1) is 0 Å². The number of carbonyl (C=O) groups is 1. The molecule has 20 heavy (non-hydrogen) atoms. The van der Waals surface area contributed by atoms with E-state index in [0.717, 1.165) is 25.5 Å². The minimum absolute atomic E-state index is 0.300. The Labute approximate surface area is 121 Å². The van der Waals surface area contributed by atoms with Crippen molar-refractivity contribution in [2.75, 3.05) is 20.2 Å². The van der Waals surface area contributed by atoms with E-state index in [0.29, 0.717) is 35.9 Å². The predicted molar refractivity (Wildman–Crippen MR) is 76.3 cm³/mol. The number of rotatable bonds is 2. The van der Waals surface area contributed by atoms with E-state index in [1.165, 1.54) is 32.1 Å². The Morgan fingerprint density at radius 1 is 1.30 bits per heavy atom. The highest BCUT2D eigenvalue weighted by Gasteiger charge is 2.64. The van der Waals surface area contributed by atoms with Crippen LogP contribution >= 0.6 is 0 Å². The summed E-state index contributed by atoms with van der Waals surface area (Å²) in [6.45, 7) is 1.84. The van der Waals surface area contributed by atoms with E-state index in [-0.39, 0.29) is 0 Å². The van der Waals surface area contributed by atoms with Crippen molar-refractivity contribution in [2.24, 2.45) is 11.3 Å². The molecule has 2 aliphatic heterocycles. The molecule has 0 aromatic heterocycles. The summed E-state index contributed by atoms with van der Waals surface area (Å²) in [5.41, 5.74) is 0.432. The molecular formula is C16H26N2O2. The van der Waals surface area contributed by atoms with E-state index in [1.807, 2.05) is 11.9 Å². The van der Waals surface area contributed by atoms with Crippen LogP contribution < -0.4 is 5.32 Å². The SMILES string of the molecule is CN1CC(NC2C3CCOC3C23CCCC3)CCC1=O. The number of hydrogen-bond donors (Lipinski definition) is 1. The van der Waals surface area contributed by atoms with Crippen molar-refractivity contribution >= 4 is 5.91 Å². The van der Waals surface area contributed by atoms with Gasteiger partial charge in [0, 0.05) is 50.0 Å². The number of nitrogens with zero attached hydrogens (tertiary/aromatic N) is 1. The number of carbonyl (C=O) groups excluding carboxylic acids is 1. The lowest BCUT2D eigenvalue weighted by Gasteiger charge is -2.58. The predicted octanol–water partition coefficient (Wildman–Crippen LogP) is 1.54. The number of amides is 1. The fraction of sp³-hybridized carbons (Fsp3) is 0.938. The van der Waals surface area contributed by atoms with Gasteiger partial charge in [0.15, 0.2) is 0 Å². The second-order valence-electron chi connectivity index (χ2n) is 7.34. The monoisotopic (exact) mass is 278 g/mol. The third kappa shape index (κ3) is 1.77. The number of ether oxygens (including phenoxy) is 1. The van der Waals surface area contributed by atoms with Gasteiger partial charge in [-0.1, -0.05) is 12.8 Å². The number of fused-ring (bicyclic) bond motifs is 2. The van der Waals surface area contributed by atoms with Crippen LogP contribution in [-0.2, 0) is 9.53 Å². The van der Waals surface area contributed by atoms with Crippen molar-refractivity contribution < 1.29 is 9.53 Å². The lowest BCUT2D eigenvalue weighted by molar-refractivity contribution is -0.140. The maximum atomic E-state index is 11.6. The van der Waals surface area contributed by atoms with Gasteiger partial charge >= 0.3 is 0 Å². The standard InChI is InChI=1S/C16H26N2O2/c1-18-10-11(4-5-13(18)19)17-14-12-6-9-20-15(12)16(14)7-2-3-8-16/h11-12,14-15,17H,2-10H2,1H3. The van der Waals surface area contributed by atoms with E-state index < -0.39 is 0 Å². The first-order valence-electron chi connectivity index (χ1n) is 8.32. The smallest absolute Gasteiger partial charge is 0.222 e. The van der Waals surface area contributed by atoms with E-state index in [4.69, 9.17) is 4.74 Å². The van der Waals surface area contributed by atoms with Crippen LogP contribution in [0.2, 0.25) is 0 Å². The van der Waals surface area contributed by atoms with Crippen LogP contribution in [0, 0.1) is 11.3 Å². The summed E-state index contributed by atoms with van der Waals surface area (Å²) >= 11 is 0. The van der Waals surface area contributed by atoms with Crippen LogP contribution in [0.1, 0.15) is 44.9 Å². The zero-order valence-electron chi connectivity index (χ0n) is 12.4. The molecule has 4 fully saturated rings. The topological polar surface area (TPSA) is 41.6 Å². The Balaban J connectivity index is 1.46. The zero-order valence-corrected chi connectivity index (χ0v) is 12.4. The number of nitrogens with one attached hydrogen (secondary N) is 1. The molecule has 0 radical (unpaired) electrons. The molecule has 112 valence electrons. The summed E-state index contributed by atoms with van der Waals surface area (Å²) < 4.78 is 6.04. The molecule has 2 saturated carbocycles. The first-order chi connectivity index (χ1) is 9.71. The van der Waals surface area contributed by atoms with Crippen LogP contribution in [0.3, 0.4) is 0 Å². The van der Waals surface area contributed by atoms with E-state index in [1.54, 1.807) is 0 Å². The molecule has 0 aromatic rings. The van der Waals surface area contributed by atoms with E-state index >= 15 is 0 Å². The zero-order chi connectivity index (χ0) is 13.7. The summed E-state index contributed by atoms with van der Waals surface area (Å²) in [7, 11) is 1.93. The third-order valence-corrected chi connectivity index (χ3v) is 6.33. The minimum atomic E-state index is 0.300. The van der Waals surface area contributed by atoms with Crippen molar-refractivity contribution in [2.45, 2.75) is 63.1 Å². The first-order valence-corrected chi connectivity index (χ1v) is 8.32. The molecule has 4 nitrogen and oxygen atoms in total. The van der Waals surface area contributed by atoms with Gasteiger partial charge in [0.1, 0.15) is 0 Å². The number of hydrogen-bond acceptors (Lipinski definition) is 3. The Morgan fingerprint density at radius 3 is 2.85 bits per heavy atom. The average Bonchev–Trinajstić information content (AvgIpc) is 3.07. The normalized spacial score (nSPS) is 42.9. The molecule has 4 atom stereocenters. The second-order valence-corrected chi connectivity index (χ2v) is 7.34. The van der Waals surface area contributed by atoms with E-state index in [9.17, 15) is 4.79 Å². The average molecular weight is 278 g/mol. The minimum Gasteiger partial charge on any atom is -0.377 e. The molecule has 2 saturated heterocycles. The molecule has 2 heterocycles. The summed E-state index contributed by atoms with van der Waals surface area (Å²) in [5, 5.41) is 3.94. The highest BCUT2D eigenvalue weighted by atomic mass is 16.5. The number of likely N-dealkylation sites (tertiary alicyclic amines) is 1. The van der Waals surface area contributed by atoms with Crippen LogP contribution in [-0.4, -0.2) is 49.2 Å². The molecule has 4 heteroatoms. The van der Waals surface area contributed by atoms with Crippen molar-refractivity contribution in [3.63, 3.8) is 0 Å². The fourth-order valence-corrected chi connectivity index (χ4v) is 5.35. The molecule has 4 aliphatic rings. The maximum absolute atomic E-state index is 11.6. The number of likely N-dealkylation sites (N-methyl/N-ethyl adjacent to an activating group) is 1. The van der Waals surface area contributed by atoms with Crippen molar-refractivity contribution in [1.82, 2.24) is 10.2 Å². The van der Waals surface area contributed by atoms with Gasteiger partial charge < -0.3 is 15.0 Å². The highest BCUT2D eigenvalue weighted by molar-refractivity contribution is 5.76. The summed E-state index contributed by atoms with van der Waals surface area (Å²) in [6, 6.07) is 1.13. The molecule has 4 unspecified atom stereocenters. The van der Waals surface area contributed by atoms with Crippen molar-refractivity contribution in [1.29, 1.82) is 0 Å². The van der Waals surface area contributed by atoms with Gasteiger partial charge in [-0.25, -0.2) is 0 Å². The number of piperidine rings is 1. The Bertz CT molecular complexity index is 405. The van der Waals surface area contributed by atoms with Gasteiger partial charge in [0.05, 0.1) is 6.10 Å². The van der Waals surface area contributed by atoms with E-state index in [2.05, 4.69) is 5.32 Å². The Morgan fingerprint density at radius 2 is 2.10 bits per heavy atom. The molecule has 1 N–H and O–H groups in total. The molecule has 4 rings (SSSR count). The third-order valence-electron chi connectivity index (χ3n) is 6.33. The highest BCUT2D eigenvalue weighted by Crippen LogP contribution is 2.60. The lowest BCUT2D eigenvalue weighted by atomic mass is 9.54. The molecule has 1 spiro atoms. The van der Waals surface area contributed by atoms with Gasteiger partial charge in [-0.05, 0) is 25.7 Å². The fourth-order valence-electron chi connectivity index (χ4n) is 5.35. The van der Waals surface area contributed by atoms with Crippen LogP contribution in [0.5, 0.6) is 0 Å². The molecule has 0 aromatic carbocycles. The van der Waals surface area contributed by atoms with Gasteiger partial charge in [0.2, 0.25) is 5.91 Å². The quantitative estimate of drug-likeness (QED) is 0.833. The molecule has 2 aliphatic carbocycles. The molecule has 0 bridgehead atoms. The summed E-state index contributed by atoms with van der Waals surface area (Å²) in [6.07, 6.45) is 8.89. The lowest BCUT2D eigenvalue weighted by Crippen LogP contribution is -2.69. The molecular weight excluding hydrogens is 252 g/mol. The largest absolute Gasteiger partial charge is 0.377 e. The molecule has 1 amide bonds.